The van der Waals surface area contributed by atoms with Crippen LogP contribution in [-0.2, 0) is 4.79 Å². The zero-order valence-electron chi connectivity index (χ0n) is 20.7. The highest BCUT2D eigenvalue weighted by atomic mass is 32.1. The van der Waals surface area contributed by atoms with Crippen LogP contribution >= 0.6 is 11.3 Å². The molecule has 0 saturated heterocycles. The summed E-state index contributed by atoms with van der Waals surface area (Å²) in [7, 11) is 1.49. The maximum absolute atomic E-state index is 12.5. The smallest absolute Gasteiger partial charge is 0.345 e. The highest BCUT2D eigenvalue weighted by Gasteiger charge is 2.15. The van der Waals surface area contributed by atoms with Crippen molar-refractivity contribution in [1.29, 1.82) is 5.26 Å². The number of amides is 1. The Balaban J connectivity index is 1.34. The van der Waals surface area contributed by atoms with Crippen LogP contribution in [0.4, 0.5) is 5.69 Å². The van der Waals surface area contributed by atoms with E-state index in [0.29, 0.717) is 50.2 Å². The molecule has 192 valence electrons. The van der Waals surface area contributed by atoms with Crippen molar-refractivity contribution >= 4 is 45.5 Å². The Morgan fingerprint density at radius 2 is 1.87 bits per heavy atom. The Labute approximate surface area is 227 Å². The van der Waals surface area contributed by atoms with Crippen LogP contribution in [0.2, 0.25) is 0 Å². The predicted octanol–water partition coefficient (Wildman–Crippen LogP) is 6.01. The Hall–Kier alpha value is -5.20. The van der Waals surface area contributed by atoms with Gasteiger partial charge >= 0.3 is 5.63 Å². The van der Waals surface area contributed by atoms with Crippen LogP contribution in [0.5, 0.6) is 11.5 Å². The fourth-order valence-electron chi connectivity index (χ4n) is 3.83. The summed E-state index contributed by atoms with van der Waals surface area (Å²) in [5.74, 6) is 0.483. The summed E-state index contributed by atoms with van der Waals surface area (Å²) in [6.07, 6.45) is 1.67. The third-order valence-corrected chi connectivity index (χ3v) is 6.56. The van der Waals surface area contributed by atoms with E-state index in [2.05, 4.69) is 16.4 Å². The summed E-state index contributed by atoms with van der Waals surface area (Å²) in [6.45, 7) is -0.200. The number of nitriles is 1. The van der Waals surface area contributed by atoms with Gasteiger partial charge in [0.25, 0.3) is 5.91 Å². The maximum atomic E-state index is 12.5. The largest absolute Gasteiger partial charge is 0.493 e. The van der Waals surface area contributed by atoms with Crippen LogP contribution in [-0.4, -0.2) is 24.6 Å². The van der Waals surface area contributed by atoms with E-state index in [0.717, 1.165) is 5.39 Å². The lowest BCUT2D eigenvalue weighted by molar-refractivity contribution is -0.118. The molecule has 39 heavy (non-hydrogen) atoms. The van der Waals surface area contributed by atoms with Gasteiger partial charge in [0.2, 0.25) is 0 Å². The number of hydrogen-bond donors (Lipinski definition) is 1. The number of ether oxygens (including phenoxy) is 2. The number of carbonyl (C=O) groups excluding carboxylic acids is 1. The van der Waals surface area contributed by atoms with Gasteiger partial charge in [-0.15, -0.1) is 11.3 Å². The van der Waals surface area contributed by atoms with Gasteiger partial charge in [0, 0.05) is 16.5 Å². The second-order valence-electron chi connectivity index (χ2n) is 8.31. The average molecular weight is 536 g/mol. The first-order valence-corrected chi connectivity index (χ1v) is 12.7. The lowest BCUT2D eigenvalue weighted by Crippen LogP contribution is -2.20. The first kappa shape index (κ1) is 25.4. The topological polar surface area (TPSA) is 114 Å². The molecule has 5 aromatic rings. The molecule has 0 aliphatic heterocycles. The first-order chi connectivity index (χ1) is 19.0. The molecule has 9 heteroatoms. The molecular formula is C30H21N3O5S. The number of fused-ring (bicyclic) bond motifs is 1. The molecule has 0 aliphatic carbocycles. The number of thiazole rings is 1. The normalized spacial score (nSPS) is 11.1. The third kappa shape index (κ3) is 5.87. The van der Waals surface area contributed by atoms with Gasteiger partial charge in [-0.3, -0.25) is 4.79 Å². The highest BCUT2D eigenvalue weighted by molar-refractivity contribution is 7.11. The van der Waals surface area contributed by atoms with E-state index >= 15 is 0 Å². The maximum Gasteiger partial charge on any atom is 0.345 e. The van der Waals surface area contributed by atoms with Crippen molar-refractivity contribution in [1.82, 2.24) is 4.98 Å². The molecule has 3 aromatic carbocycles. The second-order valence-corrected chi connectivity index (χ2v) is 9.16. The van der Waals surface area contributed by atoms with Crippen molar-refractivity contribution in [3.8, 4) is 28.8 Å². The van der Waals surface area contributed by atoms with Gasteiger partial charge in [-0.1, -0.05) is 42.5 Å². The number of carbonyl (C=O) groups is 1. The lowest BCUT2D eigenvalue weighted by atomic mass is 10.1. The van der Waals surface area contributed by atoms with Gasteiger partial charge in [0.1, 0.15) is 16.7 Å². The van der Waals surface area contributed by atoms with E-state index in [1.54, 1.807) is 60.0 Å². The minimum Gasteiger partial charge on any atom is -0.493 e. The molecule has 2 aromatic heterocycles. The standard InChI is InChI=1S/C30H21N3O5S/c1-36-27-14-19(11-12-26(27)37-17-28(34)32-22-8-3-2-4-9-22)13-21(16-31)29-33-24(18-39-29)23-15-20-7-5-6-10-25(20)38-30(23)35/h2-15,18H,17H2,1H3,(H,32,34)/b21-13+. The van der Waals surface area contributed by atoms with Crippen molar-refractivity contribution in [3.05, 3.63) is 105 Å². The molecule has 1 N–H and O–H groups in total. The molecule has 2 heterocycles. The number of para-hydroxylation sites is 2. The predicted molar refractivity (Wildman–Crippen MR) is 151 cm³/mol. The molecule has 0 saturated carbocycles. The zero-order chi connectivity index (χ0) is 27.2. The zero-order valence-corrected chi connectivity index (χ0v) is 21.5. The van der Waals surface area contributed by atoms with Crippen LogP contribution in [0.15, 0.2) is 93.5 Å². The summed E-state index contributed by atoms with van der Waals surface area (Å²) >= 11 is 1.25. The number of methoxy groups -OCH3 is 1. The molecule has 5 rings (SSSR count). The Morgan fingerprint density at radius 1 is 1.08 bits per heavy atom. The SMILES string of the molecule is COc1cc(/C=C(\C#N)c2nc(-c3cc4ccccc4oc3=O)cs2)ccc1OCC(=O)Nc1ccccc1. The number of hydrogen-bond acceptors (Lipinski definition) is 8. The van der Waals surface area contributed by atoms with E-state index in [9.17, 15) is 14.9 Å². The first-order valence-electron chi connectivity index (χ1n) is 11.8. The van der Waals surface area contributed by atoms with Crippen LogP contribution in [0.3, 0.4) is 0 Å². The van der Waals surface area contributed by atoms with E-state index < -0.39 is 5.63 Å². The van der Waals surface area contributed by atoms with E-state index in [1.165, 1.54) is 18.4 Å². The van der Waals surface area contributed by atoms with Gasteiger partial charge in [-0.05, 0) is 48.0 Å². The second kappa shape index (κ2) is 11.5. The number of aromatic nitrogens is 1. The molecule has 0 bridgehead atoms. The monoisotopic (exact) mass is 535 g/mol. The summed E-state index contributed by atoms with van der Waals surface area (Å²) in [5, 5.41) is 15.5. The lowest BCUT2D eigenvalue weighted by Gasteiger charge is -2.11. The van der Waals surface area contributed by atoms with Crippen molar-refractivity contribution in [2.45, 2.75) is 0 Å². The van der Waals surface area contributed by atoms with E-state index in [4.69, 9.17) is 13.9 Å². The number of nitrogens with zero attached hydrogens (tertiary/aromatic N) is 2. The fraction of sp³-hybridized carbons (Fsp3) is 0.0667. The van der Waals surface area contributed by atoms with Crippen molar-refractivity contribution in [3.63, 3.8) is 0 Å². The van der Waals surface area contributed by atoms with Gasteiger partial charge in [-0.2, -0.15) is 5.26 Å². The molecule has 0 unspecified atom stereocenters. The molecule has 8 nitrogen and oxygen atoms in total. The van der Waals surface area contributed by atoms with Gasteiger partial charge in [0.15, 0.2) is 18.1 Å². The van der Waals surface area contributed by atoms with Crippen LogP contribution < -0.4 is 20.4 Å². The number of allylic oxidation sites excluding steroid dienone is 1. The van der Waals surface area contributed by atoms with Gasteiger partial charge in [-0.25, -0.2) is 9.78 Å². The molecule has 1 amide bonds. The molecule has 0 atom stereocenters. The minimum atomic E-state index is -0.495. The number of anilines is 1. The molecule has 0 spiro atoms. The third-order valence-electron chi connectivity index (χ3n) is 5.69. The average Bonchev–Trinajstić information content (AvgIpc) is 3.45. The Morgan fingerprint density at radius 3 is 2.67 bits per heavy atom. The van der Waals surface area contributed by atoms with Crippen molar-refractivity contribution < 1.29 is 18.7 Å². The van der Waals surface area contributed by atoms with Crippen LogP contribution in [0.1, 0.15) is 10.6 Å². The highest BCUT2D eigenvalue weighted by Crippen LogP contribution is 2.31. The summed E-state index contributed by atoms with van der Waals surface area (Å²) < 4.78 is 16.5. The van der Waals surface area contributed by atoms with E-state index in [1.807, 2.05) is 30.3 Å². The number of nitrogens with one attached hydrogen (secondary N) is 1. The van der Waals surface area contributed by atoms with E-state index in [-0.39, 0.29) is 12.5 Å². The Bertz CT molecular complexity index is 1780. The summed E-state index contributed by atoms with van der Waals surface area (Å²) in [4.78, 5) is 29.3. The molecule has 0 aliphatic rings. The number of benzene rings is 3. The van der Waals surface area contributed by atoms with Gasteiger partial charge in [0.05, 0.1) is 23.9 Å². The fourth-order valence-corrected chi connectivity index (χ4v) is 4.61. The molecule has 0 fully saturated rings. The molecule has 0 radical (unpaired) electrons. The molecular weight excluding hydrogens is 514 g/mol. The van der Waals surface area contributed by atoms with Crippen molar-refractivity contribution in [2.24, 2.45) is 0 Å². The Kier molecular flexibility index (Phi) is 7.48. The summed E-state index contributed by atoms with van der Waals surface area (Å²) in [5.41, 5.74) is 2.43. The van der Waals surface area contributed by atoms with Crippen molar-refractivity contribution in [2.75, 3.05) is 19.0 Å². The summed E-state index contributed by atoms with van der Waals surface area (Å²) in [6, 6.07) is 25.4. The minimum absolute atomic E-state index is 0.200. The van der Waals surface area contributed by atoms with Crippen LogP contribution in [0, 0.1) is 11.3 Å². The van der Waals surface area contributed by atoms with Crippen LogP contribution in [0.25, 0.3) is 33.9 Å². The quantitative estimate of drug-likeness (QED) is 0.191. The van der Waals surface area contributed by atoms with Gasteiger partial charge < -0.3 is 19.2 Å². The number of rotatable bonds is 8.